The average Bonchev–Trinajstić information content (AvgIpc) is 2.28. The van der Waals surface area contributed by atoms with Gasteiger partial charge in [-0.1, -0.05) is 39.5 Å². The molecular weight excluding hydrogens is 196 g/mol. The summed E-state index contributed by atoms with van der Waals surface area (Å²) in [6, 6.07) is 0.639. The standard InChI is InChI=1S/C14H32N2/c1-6-8-9-11-14(4,12-15)16(5)13(3)10-7-2/h13H,6-12,15H2,1-5H3. The minimum absolute atomic E-state index is 0.184. The van der Waals surface area contributed by atoms with Crippen molar-refractivity contribution < 1.29 is 0 Å². The number of nitrogens with two attached hydrogens (primary N) is 1. The molecule has 0 amide bonds. The summed E-state index contributed by atoms with van der Waals surface area (Å²) in [6.45, 7) is 9.90. The lowest BCUT2D eigenvalue weighted by molar-refractivity contribution is 0.0847. The molecule has 0 aromatic rings. The van der Waals surface area contributed by atoms with E-state index in [0.717, 1.165) is 6.54 Å². The van der Waals surface area contributed by atoms with Crippen LogP contribution in [0.3, 0.4) is 0 Å². The zero-order valence-electron chi connectivity index (χ0n) is 12.1. The van der Waals surface area contributed by atoms with Crippen LogP contribution >= 0.6 is 0 Å². The molecule has 0 heterocycles. The fourth-order valence-corrected chi connectivity index (χ4v) is 2.32. The summed E-state index contributed by atoms with van der Waals surface area (Å²) in [5, 5.41) is 0. The van der Waals surface area contributed by atoms with Crippen LogP contribution in [0.25, 0.3) is 0 Å². The maximum Gasteiger partial charge on any atom is 0.0303 e. The zero-order chi connectivity index (χ0) is 12.6. The van der Waals surface area contributed by atoms with Crippen molar-refractivity contribution in [2.24, 2.45) is 5.73 Å². The van der Waals surface area contributed by atoms with Gasteiger partial charge in [0.15, 0.2) is 0 Å². The first-order valence-corrected chi connectivity index (χ1v) is 6.94. The zero-order valence-corrected chi connectivity index (χ0v) is 12.1. The molecule has 0 spiro atoms. The third-order valence-electron chi connectivity index (χ3n) is 3.98. The summed E-state index contributed by atoms with van der Waals surface area (Å²) in [6.07, 6.45) is 7.65. The highest BCUT2D eigenvalue weighted by atomic mass is 15.2. The fourth-order valence-electron chi connectivity index (χ4n) is 2.32. The van der Waals surface area contributed by atoms with Crippen LogP contribution < -0.4 is 5.73 Å². The van der Waals surface area contributed by atoms with Crippen LogP contribution in [0, 0.1) is 0 Å². The van der Waals surface area contributed by atoms with Crippen LogP contribution in [0.2, 0.25) is 0 Å². The van der Waals surface area contributed by atoms with Crippen molar-refractivity contribution in [3.05, 3.63) is 0 Å². The van der Waals surface area contributed by atoms with E-state index in [9.17, 15) is 0 Å². The lowest BCUT2D eigenvalue weighted by Crippen LogP contribution is -2.53. The van der Waals surface area contributed by atoms with Gasteiger partial charge < -0.3 is 5.73 Å². The van der Waals surface area contributed by atoms with Crippen LogP contribution in [0.1, 0.15) is 66.2 Å². The monoisotopic (exact) mass is 228 g/mol. The molecule has 0 radical (unpaired) electrons. The Bertz CT molecular complexity index is 170. The minimum atomic E-state index is 0.184. The topological polar surface area (TPSA) is 29.3 Å². The lowest BCUT2D eigenvalue weighted by atomic mass is 9.91. The molecule has 0 aliphatic rings. The van der Waals surface area contributed by atoms with Crippen molar-refractivity contribution in [3.8, 4) is 0 Å². The van der Waals surface area contributed by atoms with Crippen LogP contribution in [0.15, 0.2) is 0 Å². The largest absolute Gasteiger partial charge is 0.329 e. The second-order valence-corrected chi connectivity index (χ2v) is 5.41. The molecule has 0 bridgehead atoms. The molecule has 0 aliphatic carbocycles. The highest BCUT2D eigenvalue weighted by molar-refractivity contribution is 4.88. The molecule has 2 heteroatoms. The Labute approximate surface area is 103 Å². The van der Waals surface area contributed by atoms with E-state index in [1.165, 1.54) is 38.5 Å². The van der Waals surface area contributed by atoms with Crippen LogP contribution in [0.5, 0.6) is 0 Å². The number of hydrogen-bond donors (Lipinski definition) is 1. The van der Waals surface area contributed by atoms with E-state index in [1.807, 2.05) is 0 Å². The van der Waals surface area contributed by atoms with Crippen molar-refractivity contribution in [3.63, 3.8) is 0 Å². The first-order chi connectivity index (χ1) is 7.51. The highest BCUT2D eigenvalue weighted by Gasteiger charge is 2.29. The van der Waals surface area contributed by atoms with Gasteiger partial charge in [0.05, 0.1) is 0 Å². The first kappa shape index (κ1) is 15.9. The van der Waals surface area contributed by atoms with E-state index in [1.54, 1.807) is 0 Å². The molecule has 98 valence electrons. The van der Waals surface area contributed by atoms with Gasteiger partial charge >= 0.3 is 0 Å². The quantitative estimate of drug-likeness (QED) is 0.613. The number of nitrogens with zero attached hydrogens (tertiary/aromatic N) is 1. The molecule has 2 nitrogen and oxygen atoms in total. The smallest absolute Gasteiger partial charge is 0.0303 e. The van der Waals surface area contributed by atoms with Crippen molar-refractivity contribution in [2.75, 3.05) is 13.6 Å². The predicted octanol–water partition coefficient (Wildman–Crippen LogP) is 3.40. The molecule has 2 atom stereocenters. The summed E-state index contributed by atoms with van der Waals surface area (Å²) < 4.78 is 0. The number of likely N-dealkylation sites (N-methyl/N-ethyl adjacent to an activating group) is 1. The Hall–Kier alpha value is -0.0800. The van der Waals surface area contributed by atoms with E-state index in [4.69, 9.17) is 5.73 Å². The SMILES string of the molecule is CCCCCC(C)(CN)N(C)C(C)CCC. The Morgan fingerprint density at radius 2 is 1.81 bits per heavy atom. The second-order valence-electron chi connectivity index (χ2n) is 5.41. The normalized spacial score (nSPS) is 17.4. The van der Waals surface area contributed by atoms with Crippen molar-refractivity contribution in [2.45, 2.75) is 77.8 Å². The molecular formula is C14H32N2. The number of unbranched alkanes of at least 4 members (excludes halogenated alkanes) is 2. The summed E-state index contributed by atoms with van der Waals surface area (Å²) in [5.74, 6) is 0. The Morgan fingerprint density at radius 1 is 1.19 bits per heavy atom. The molecule has 2 unspecified atom stereocenters. The van der Waals surface area contributed by atoms with Gasteiger partial charge in [-0.25, -0.2) is 0 Å². The molecule has 0 fully saturated rings. The number of hydrogen-bond acceptors (Lipinski definition) is 2. The van der Waals surface area contributed by atoms with Crippen molar-refractivity contribution in [1.82, 2.24) is 4.90 Å². The fraction of sp³-hybridized carbons (Fsp3) is 1.00. The third-order valence-corrected chi connectivity index (χ3v) is 3.98. The molecule has 2 N–H and O–H groups in total. The van der Waals surface area contributed by atoms with Gasteiger partial charge in [0.1, 0.15) is 0 Å². The van der Waals surface area contributed by atoms with E-state index in [-0.39, 0.29) is 5.54 Å². The van der Waals surface area contributed by atoms with Crippen molar-refractivity contribution in [1.29, 1.82) is 0 Å². The maximum atomic E-state index is 5.98. The summed E-state index contributed by atoms with van der Waals surface area (Å²) in [4.78, 5) is 2.49. The van der Waals surface area contributed by atoms with Gasteiger partial charge in [-0.05, 0) is 33.7 Å². The van der Waals surface area contributed by atoms with E-state index in [0.29, 0.717) is 6.04 Å². The van der Waals surface area contributed by atoms with Gasteiger partial charge in [-0.3, -0.25) is 4.90 Å². The number of rotatable bonds is 9. The Morgan fingerprint density at radius 3 is 2.25 bits per heavy atom. The minimum Gasteiger partial charge on any atom is -0.329 e. The Balaban J connectivity index is 4.29. The van der Waals surface area contributed by atoms with Gasteiger partial charge in [0, 0.05) is 18.1 Å². The van der Waals surface area contributed by atoms with Gasteiger partial charge in [-0.15, -0.1) is 0 Å². The predicted molar refractivity (Wildman–Crippen MR) is 73.7 cm³/mol. The van der Waals surface area contributed by atoms with E-state index < -0.39 is 0 Å². The molecule has 0 aromatic carbocycles. The van der Waals surface area contributed by atoms with Crippen LogP contribution in [-0.4, -0.2) is 30.1 Å². The van der Waals surface area contributed by atoms with Crippen molar-refractivity contribution >= 4 is 0 Å². The summed E-state index contributed by atoms with van der Waals surface area (Å²) in [5.41, 5.74) is 6.17. The van der Waals surface area contributed by atoms with Gasteiger partial charge in [-0.2, -0.15) is 0 Å². The second kappa shape index (κ2) is 8.08. The molecule has 0 rings (SSSR count). The lowest BCUT2D eigenvalue weighted by Gasteiger charge is -2.42. The van der Waals surface area contributed by atoms with Gasteiger partial charge in [0.25, 0.3) is 0 Å². The summed E-state index contributed by atoms with van der Waals surface area (Å²) >= 11 is 0. The highest BCUT2D eigenvalue weighted by Crippen LogP contribution is 2.23. The molecule has 0 saturated carbocycles. The first-order valence-electron chi connectivity index (χ1n) is 6.94. The van der Waals surface area contributed by atoms with Crippen LogP contribution in [-0.2, 0) is 0 Å². The average molecular weight is 228 g/mol. The van der Waals surface area contributed by atoms with E-state index >= 15 is 0 Å². The van der Waals surface area contributed by atoms with Crippen LogP contribution in [0.4, 0.5) is 0 Å². The Kier molecular flexibility index (Phi) is 8.04. The molecule has 0 aromatic heterocycles. The maximum absolute atomic E-state index is 5.98. The van der Waals surface area contributed by atoms with E-state index in [2.05, 4.69) is 39.6 Å². The van der Waals surface area contributed by atoms with Gasteiger partial charge in [0.2, 0.25) is 0 Å². The molecule has 0 aliphatic heterocycles. The molecule has 0 saturated heterocycles. The molecule has 16 heavy (non-hydrogen) atoms. The summed E-state index contributed by atoms with van der Waals surface area (Å²) in [7, 11) is 2.24. The third kappa shape index (κ3) is 4.84.